The van der Waals surface area contributed by atoms with E-state index >= 15 is 0 Å². The number of aromatic carboxylic acids is 1. The minimum atomic E-state index is -0.909. The van der Waals surface area contributed by atoms with Crippen molar-refractivity contribution in [3.63, 3.8) is 0 Å². The molecule has 0 amide bonds. The highest BCUT2D eigenvalue weighted by molar-refractivity contribution is 7.99. The van der Waals surface area contributed by atoms with Gasteiger partial charge in [0.2, 0.25) is 0 Å². The molecule has 1 fully saturated rings. The van der Waals surface area contributed by atoms with Gasteiger partial charge in [-0.3, -0.25) is 4.98 Å². The Bertz CT molecular complexity index is 397. The van der Waals surface area contributed by atoms with Gasteiger partial charge in [0.1, 0.15) is 5.56 Å². The van der Waals surface area contributed by atoms with Crippen LogP contribution in [0.4, 0.5) is 5.69 Å². The fraction of sp³-hybridized carbons (Fsp3) is 0.455. The van der Waals surface area contributed by atoms with Crippen molar-refractivity contribution in [1.29, 1.82) is 0 Å². The third-order valence-corrected chi connectivity index (χ3v) is 3.89. The minimum Gasteiger partial charge on any atom is -0.478 e. The molecule has 1 aliphatic heterocycles. The number of hydrogen-bond donors (Lipinski definition) is 1. The van der Waals surface area contributed by atoms with Crippen molar-refractivity contribution in [2.75, 3.05) is 23.0 Å². The van der Waals surface area contributed by atoms with Crippen LogP contribution in [0.5, 0.6) is 0 Å². The van der Waals surface area contributed by atoms with Crippen molar-refractivity contribution < 1.29 is 9.90 Å². The summed E-state index contributed by atoms with van der Waals surface area (Å²) < 4.78 is 0. The van der Waals surface area contributed by atoms with Gasteiger partial charge >= 0.3 is 5.97 Å². The van der Waals surface area contributed by atoms with Crippen molar-refractivity contribution >= 4 is 23.4 Å². The van der Waals surface area contributed by atoms with Crippen LogP contribution in [0.3, 0.4) is 0 Å². The molecule has 1 aromatic rings. The van der Waals surface area contributed by atoms with Gasteiger partial charge in [0.05, 0.1) is 5.69 Å². The van der Waals surface area contributed by atoms with E-state index in [-0.39, 0.29) is 0 Å². The molecule has 16 heavy (non-hydrogen) atoms. The molecule has 2 rings (SSSR count). The number of rotatable bonds is 2. The molecule has 4 nitrogen and oxygen atoms in total. The van der Waals surface area contributed by atoms with E-state index in [4.69, 9.17) is 5.11 Å². The van der Waals surface area contributed by atoms with Crippen LogP contribution < -0.4 is 4.90 Å². The number of carboxylic acid groups (broad SMARTS) is 1. The second kappa shape index (κ2) is 4.74. The quantitative estimate of drug-likeness (QED) is 0.850. The largest absolute Gasteiger partial charge is 0.478 e. The molecule has 1 aliphatic rings. The van der Waals surface area contributed by atoms with Crippen LogP contribution in [-0.4, -0.2) is 40.2 Å². The lowest BCUT2D eigenvalue weighted by atomic mass is 10.2. The van der Waals surface area contributed by atoms with E-state index in [0.717, 1.165) is 23.7 Å². The first-order valence-electron chi connectivity index (χ1n) is 5.22. The Kier molecular flexibility index (Phi) is 3.33. The van der Waals surface area contributed by atoms with Gasteiger partial charge in [0.25, 0.3) is 0 Å². The molecule has 1 unspecified atom stereocenters. The summed E-state index contributed by atoms with van der Waals surface area (Å²) in [6.07, 6.45) is 3.07. The topological polar surface area (TPSA) is 53.4 Å². The van der Waals surface area contributed by atoms with E-state index in [1.54, 1.807) is 12.3 Å². The summed E-state index contributed by atoms with van der Waals surface area (Å²) in [4.78, 5) is 17.1. The Balaban J connectivity index is 2.34. The molecule has 1 aromatic heterocycles. The number of carbonyl (C=O) groups is 1. The van der Waals surface area contributed by atoms with Gasteiger partial charge in [-0.1, -0.05) is 0 Å². The lowest BCUT2D eigenvalue weighted by molar-refractivity contribution is 0.0697. The third kappa shape index (κ3) is 2.14. The van der Waals surface area contributed by atoms with Crippen molar-refractivity contribution in [1.82, 2.24) is 4.98 Å². The first-order valence-corrected chi connectivity index (χ1v) is 6.37. The molecule has 0 aromatic carbocycles. The van der Waals surface area contributed by atoms with Gasteiger partial charge in [-0.15, -0.1) is 0 Å². The van der Waals surface area contributed by atoms with Crippen LogP contribution in [0.2, 0.25) is 0 Å². The van der Waals surface area contributed by atoms with Gasteiger partial charge < -0.3 is 10.0 Å². The van der Waals surface area contributed by atoms with Gasteiger partial charge in [-0.05, 0) is 13.0 Å². The maximum absolute atomic E-state index is 11.1. The van der Waals surface area contributed by atoms with E-state index in [0.29, 0.717) is 11.6 Å². The first kappa shape index (κ1) is 11.3. The Morgan fingerprint density at radius 3 is 3.19 bits per heavy atom. The van der Waals surface area contributed by atoms with Gasteiger partial charge in [0, 0.05) is 36.5 Å². The summed E-state index contributed by atoms with van der Waals surface area (Å²) >= 11 is 1.91. The summed E-state index contributed by atoms with van der Waals surface area (Å²) in [7, 11) is 0. The predicted molar refractivity (Wildman–Crippen MR) is 65.3 cm³/mol. The fourth-order valence-electron chi connectivity index (χ4n) is 1.89. The highest BCUT2D eigenvalue weighted by Crippen LogP contribution is 2.26. The summed E-state index contributed by atoms with van der Waals surface area (Å²) in [5, 5.41) is 9.11. The molecule has 1 atom stereocenters. The van der Waals surface area contributed by atoms with E-state index < -0.39 is 5.97 Å². The number of anilines is 1. The molecule has 1 N–H and O–H groups in total. The van der Waals surface area contributed by atoms with Crippen molar-refractivity contribution in [3.05, 3.63) is 24.0 Å². The molecule has 2 heterocycles. The third-order valence-electron chi connectivity index (χ3n) is 2.71. The van der Waals surface area contributed by atoms with Crippen LogP contribution in [0.1, 0.15) is 17.3 Å². The highest BCUT2D eigenvalue weighted by Gasteiger charge is 2.23. The molecular formula is C11H14N2O2S. The Hall–Kier alpha value is -1.23. The predicted octanol–water partition coefficient (Wildman–Crippen LogP) is 1.72. The fourth-order valence-corrected chi connectivity index (χ4v) is 2.90. The standard InChI is InChI=1S/C11H14N2O2S/c1-8-7-16-5-4-13(8)10-2-3-12-6-9(10)11(14)15/h2-3,6,8H,4-5,7H2,1H3,(H,14,15). The van der Waals surface area contributed by atoms with E-state index in [1.165, 1.54) is 6.20 Å². The van der Waals surface area contributed by atoms with Crippen molar-refractivity contribution in [2.45, 2.75) is 13.0 Å². The van der Waals surface area contributed by atoms with Crippen LogP contribution in [0, 0.1) is 0 Å². The molecule has 0 radical (unpaired) electrons. The molecule has 5 heteroatoms. The summed E-state index contributed by atoms with van der Waals surface area (Å²) in [5.74, 6) is 1.18. The normalized spacial score (nSPS) is 20.8. The second-order valence-corrected chi connectivity index (χ2v) is 4.97. The van der Waals surface area contributed by atoms with Crippen LogP contribution in [0.15, 0.2) is 18.5 Å². The Morgan fingerprint density at radius 1 is 1.69 bits per heavy atom. The second-order valence-electron chi connectivity index (χ2n) is 3.82. The SMILES string of the molecule is CC1CSCCN1c1ccncc1C(=O)O. The van der Waals surface area contributed by atoms with Crippen LogP contribution >= 0.6 is 11.8 Å². The molecule has 86 valence electrons. The lowest BCUT2D eigenvalue weighted by Gasteiger charge is -2.35. The molecule has 1 saturated heterocycles. The van der Waals surface area contributed by atoms with Gasteiger partial charge in [-0.25, -0.2) is 4.79 Å². The summed E-state index contributed by atoms with van der Waals surface area (Å²) in [6, 6.07) is 2.16. The molecule has 0 saturated carbocycles. The number of aromatic nitrogens is 1. The van der Waals surface area contributed by atoms with Crippen molar-refractivity contribution in [3.8, 4) is 0 Å². The maximum Gasteiger partial charge on any atom is 0.339 e. The smallest absolute Gasteiger partial charge is 0.339 e. The van der Waals surface area contributed by atoms with Crippen LogP contribution in [0.25, 0.3) is 0 Å². The highest BCUT2D eigenvalue weighted by atomic mass is 32.2. The van der Waals surface area contributed by atoms with Gasteiger partial charge in [0.15, 0.2) is 0 Å². The Labute approximate surface area is 98.7 Å². The summed E-state index contributed by atoms with van der Waals surface area (Å²) in [6.45, 7) is 3.02. The lowest BCUT2D eigenvalue weighted by Crippen LogP contribution is -2.41. The van der Waals surface area contributed by atoms with Crippen molar-refractivity contribution in [2.24, 2.45) is 0 Å². The van der Waals surface area contributed by atoms with Gasteiger partial charge in [-0.2, -0.15) is 11.8 Å². The number of thioether (sulfide) groups is 1. The van der Waals surface area contributed by atoms with E-state index in [9.17, 15) is 4.79 Å². The average molecular weight is 238 g/mol. The molecular weight excluding hydrogens is 224 g/mol. The number of nitrogens with zero attached hydrogens (tertiary/aromatic N) is 2. The van der Waals surface area contributed by atoms with Crippen LogP contribution in [-0.2, 0) is 0 Å². The maximum atomic E-state index is 11.1. The number of pyridine rings is 1. The molecule has 0 bridgehead atoms. The molecule has 0 spiro atoms. The zero-order valence-corrected chi connectivity index (χ0v) is 9.91. The molecule has 0 aliphatic carbocycles. The monoisotopic (exact) mass is 238 g/mol. The minimum absolute atomic E-state index is 0.293. The zero-order valence-electron chi connectivity index (χ0n) is 9.09. The first-order chi connectivity index (χ1) is 7.70. The zero-order chi connectivity index (χ0) is 11.5. The average Bonchev–Trinajstić information content (AvgIpc) is 2.29. The summed E-state index contributed by atoms with van der Waals surface area (Å²) in [5.41, 5.74) is 1.08. The Morgan fingerprint density at radius 2 is 2.50 bits per heavy atom. The number of hydrogen-bond acceptors (Lipinski definition) is 4. The van der Waals surface area contributed by atoms with E-state index in [1.807, 2.05) is 11.8 Å². The van der Waals surface area contributed by atoms with E-state index in [2.05, 4.69) is 16.8 Å². The number of carboxylic acids is 1.